The SMILES string of the molecule is O=C1NCc2cc(CNCc3ccccc3Cl)cnc21. The predicted molar refractivity (Wildman–Crippen MR) is 77.4 cm³/mol. The quantitative estimate of drug-likeness (QED) is 0.907. The van der Waals surface area contributed by atoms with Crippen molar-refractivity contribution >= 4 is 17.5 Å². The van der Waals surface area contributed by atoms with Crippen molar-refractivity contribution in [2.24, 2.45) is 0 Å². The van der Waals surface area contributed by atoms with E-state index in [2.05, 4.69) is 15.6 Å². The first-order chi connectivity index (χ1) is 9.74. The minimum Gasteiger partial charge on any atom is -0.347 e. The van der Waals surface area contributed by atoms with Crippen LogP contribution in [0.15, 0.2) is 36.5 Å². The number of rotatable bonds is 4. The lowest BCUT2D eigenvalue weighted by Crippen LogP contribution is -2.14. The van der Waals surface area contributed by atoms with Gasteiger partial charge in [-0.25, -0.2) is 0 Å². The molecule has 2 N–H and O–H groups in total. The number of amides is 1. The summed E-state index contributed by atoms with van der Waals surface area (Å²) < 4.78 is 0. The lowest BCUT2D eigenvalue weighted by Gasteiger charge is -2.07. The maximum absolute atomic E-state index is 11.4. The van der Waals surface area contributed by atoms with E-state index in [9.17, 15) is 4.79 Å². The number of hydrogen-bond donors (Lipinski definition) is 2. The third kappa shape index (κ3) is 2.66. The molecule has 4 nitrogen and oxygen atoms in total. The fourth-order valence-corrected chi connectivity index (χ4v) is 2.44. The van der Waals surface area contributed by atoms with Gasteiger partial charge in [0, 0.05) is 36.4 Å². The Morgan fingerprint density at radius 1 is 1.30 bits per heavy atom. The third-order valence-corrected chi connectivity index (χ3v) is 3.65. The van der Waals surface area contributed by atoms with E-state index in [1.807, 2.05) is 30.3 Å². The summed E-state index contributed by atoms with van der Waals surface area (Å²) >= 11 is 6.10. The number of hydrogen-bond acceptors (Lipinski definition) is 3. The first-order valence-electron chi connectivity index (χ1n) is 6.44. The molecule has 20 heavy (non-hydrogen) atoms. The van der Waals surface area contributed by atoms with E-state index < -0.39 is 0 Å². The molecule has 1 aromatic heterocycles. The number of nitrogens with zero attached hydrogens (tertiary/aromatic N) is 1. The Kier molecular flexibility index (Phi) is 3.67. The second-order valence-electron chi connectivity index (χ2n) is 4.73. The lowest BCUT2D eigenvalue weighted by atomic mass is 10.1. The van der Waals surface area contributed by atoms with Gasteiger partial charge in [-0.15, -0.1) is 0 Å². The Morgan fingerprint density at radius 3 is 3.00 bits per heavy atom. The van der Waals surface area contributed by atoms with Gasteiger partial charge < -0.3 is 10.6 Å². The fourth-order valence-electron chi connectivity index (χ4n) is 2.24. The Morgan fingerprint density at radius 2 is 2.15 bits per heavy atom. The largest absolute Gasteiger partial charge is 0.347 e. The van der Waals surface area contributed by atoms with Gasteiger partial charge in [0.1, 0.15) is 5.69 Å². The van der Waals surface area contributed by atoms with Crippen molar-refractivity contribution in [1.29, 1.82) is 0 Å². The van der Waals surface area contributed by atoms with Crippen LogP contribution in [0.25, 0.3) is 0 Å². The Balaban J connectivity index is 1.62. The first kappa shape index (κ1) is 13.1. The van der Waals surface area contributed by atoms with Gasteiger partial charge in [-0.2, -0.15) is 0 Å². The summed E-state index contributed by atoms with van der Waals surface area (Å²) in [5.41, 5.74) is 3.64. The standard InChI is InChI=1S/C15H14ClN3O/c16-13-4-2-1-3-11(13)8-17-6-10-5-12-9-19-15(20)14(12)18-7-10/h1-5,7,17H,6,8-9H2,(H,19,20). The Hall–Kier alpha value is -1.91. The van der Waals surface area contributed by atoms with Crippen molar-refractivity contribution in [3.8, 4) is 0 Å². The van der Waals surface area contributed by atoms with Crippen LogP contribution in [0.4, 0.5) is 0 Å². The van der Waals surface area contributed by atoms with Crippen LogP contribution in [0.1, 0.15) is 27.2 Å². The Labute approximate surface area is 122 Å². The van der Waals surface area contributed by atoms with Gasteiger partial charge in [-0.05, 0) is 23.3 Å². The van der Waals surface area contributed by atoms with Gasteiger partial charge in [0.25, 0.3) is 5.91 Å². The van der Waals surface area contributed by atoms with Crippen LogP contribution >= 0.6 is 11.6 Å². The number of fused-ring (bicyclic) bond motifs is 1. The summed E-state index contributed by atoms with van der Waals surface area (Å²) in [6.45, 7) is 1.97. The molecule has 1 aliphatic heterocycles. The van der Waals surface area contributed by atoms with Gasteiger partial charge in [-0.1, -0.05) is 29.8 Å². The van der Waals surface area contributed by atoms with Crippen LogP contribution in [0.3, 0.4) is 0 Å². The summed E-state index contributed by atoms with van der Waals surface area (Å²) in [6, 6.07) is 9.78. The van der Waals surface area contributed by atoms with E-state index in [4.69, 9.17) is 11.6 Å². The highest BCUT2D eigenvalue weighted by Gasteiger charge is 2.20. The van der Waals surface area contributed by atoms with Crippen molar-refractivity contribution in [3.63, 3.8) is 0 Å². The van der Waals surface area contributed by atoms with Crippen LogP contribution < -0.4 is 10.6 Å². The van der Waals surface area contributed by atoms with E-state index in [1.165, 1.54) is 0 Å². The molecule has 0 spiro atoms. The summed E-state index contributed by atoms with van der Waals surface area (Å²) in [6.07, 6.45) is 1.74. The van der Waals surface area contributed by atoms with Crippen molar-refractivity contribution in [2.45, 2.75) is 19.6 Å². The first-order valence-corrected chi connectivity index (χ1v) is 6.82. The minimum absolute atomic E-state index is 0.0874. The molecule has 0 unspecified atom stereocenters. The summed E-state index contributed by atoms with van der Waals surface area (Å²) in [4.78, 5) is 15.6. The molecule has 0 aliphatic carbocycles. The molecule has 0 fully saturated rings. The molecule has 1 aliphatic rings. The van der Waals surface area contributed by atoms with Crippen LogP contribution in [0.5, 0.6) is 0 Å². The molecular formula is C15H14ClN3O. The third-order valence-electron chi connectivity index (χ3n) is 3.28. The highest BCUT2D eigenvalue weighted by Crippen LogP contribution is 2.16. The van der Waals surface area contributed by atoms with E-state index in [0.29, 0.717) is 25.3 Å². The zero-order chi connectivity index (χ0) is 13.9. The second-order valence-corrected chi connectivity index (χ2v) is 5.14. The second kappa shape index (κ2) is 5.61. The van der Waals surface area contributed by atoms with Gasteiger partial charge in [0.05, 0.1) is 0 Å². The topological polar surface area (TPSA) is 54.0 Å². The van der Waals surface area contributed by atoms with Crippen LogP contribution in [-0.4, -0.2) is 10.9 Å². The number of benzene rings is 1. The summed E-state index contributed by atoms with van der Waals surface area (Å²) in [7, 11) is 0. The summed E-state index contributed by atoms with van der Waals surface area (Å²) in [5.74, 6) is -0.0874. The van der Waals surface area contributed by atoms with Crippen molar-refractivity contribution in [3.05, 3.63) is 63.9 Å². The van der Waals surface area contributed by atoms with Gasteiger partial charge in [-0.3, -0.25) is 9.78 Å². The molecule has 5 heteroatoms. The maximum Gasteiger partial charge on any atom is 0.270 e. The number of pyridine rings is 1. The molecule has 0 bridgehead atoms. The number of carbonyl (C=O) groups excluding carboxylic acids is 1. The molecule has 1 aromatic carbocycles. The normalized spacial score (nSPS) is 13.2. The van der Waals surface area contributed by atoms with Crippen LogP contribution in [-0.2, 0) is 19.6 Å². The molecule has 1 amide bonds. The molecule has 0 saturated heterocycles. The smallest absolute Gasteiger partial charge is 0.270 e. The molecular weight excluding hydrogens is 274 g/mol. The molecule has 0 radical (unpaired) electrons. The molecule has 2 heterocycles. The van der Waals surface area contributed by atoms with Gasteiger partial charge in [0.15, 0.2) is 0 Å². The zero-order valence-corrected chi connectivity index (χ0v) is 11.6. The molecule has 0 saturated carbocycles. The van der Waals surface area contributed by atoms with Crippen molar-refractivity contribution in [2.75, 3.05) is 0 Å². The minimum atomic E-state index is -0.0874. The zero-order valence-electron chi connectivity index (χ0n) is 10.8. The average molecular weight is 288 g/mol. The number of halogens is 1. The molecule has 0 atom stereocenters. The van der Waals surface area contributed by atoms with Gasteiger partial charge >= 0.3 is 0 Å². The maximum atomic E-state index is 11.4. The Bertz CT molecular complexity index is 657. The monoisotopic (exact) mass is 287 g/mol. The summed E-state index contributed by atoms with van der Waals surface area (Å²) in [5, 5.41) is 6.86. The molecule has 2 aromatic rings. The molecule has 102 valence electrons. The number of nitrogens with one attached hydrogen (secondary N) is 2. The number of carbonyl (C=O) groups is 1. The van der Waals surface area contributed by atoms with Gasteiger partial charge in [0.2, 0.25) is 0 Å². The average Bonchev–Trinajstić information content (AvgIpc) is 2.82. The highest BCUT2D eigenvalue weighted by molar-refractivity contribution is 6.31. The van der Waals surface area contributed by atoms with E-state index in [0.717, 1.165) is 21.7 Å². The van der Waals surface area contributed by atoms with Crippen molar-refractivity contribution < 1.29 is 4.79 Å². The van der Waals surface area contributed by atoms with E-state index in [1.54, 1.807) is 6.20 Å². The van der Waals surface area contributed by atoms with E-state index >= 15 is 0 Å². The number of aromatic nitrogens is 1. The van der Waals surface area contributed by atoms with Crippen LogP contribution in [0, 0.1) is 0 Å². The predicted octanol–water partition coefficient (Wildman–Crippen LogP) is 2.27. The highest BCUT2D eigenvalue weighted by atomic mass is 35.5. The molecule has 3 rings (SSSR count). The van der Waals surface area contributed by atoms with Crippen LogP contribution in [0.2, 0.25) is 5.02 Å². The lowest BCUT2D eigenvalue weighted by molar-refractivity contribution is 0.0961. The van der Waals surface area contributed by atoms with Crippen molar-refractivity contribution in [1.82, 2.24) is 15.6 Å². The fraction of sp³-hybridized carbons (Fsp3) is 0.200. The van der Waals surface area contributed by atoms with E-state index in [-0.39, 0.29) is 5.91 Å².